The van der Waals surface area contributed by atoms with Gasteiger partial charge in [-0.1, -0.05) is 27.3 Å². The highest BCUT2D eigenvalue weighted by Gasteiger charge is 2.43. The Morgan fingerprint density at radius 2 is 1.78 bits per heavy atom. The zero-order chi connectivity index (χ0) is 24.3. The molecule has 1 N–H and O–H groups in total. The smallest absolute Gasteiger partial charge is 0.194 e. The van der Waals surface area contributed by atoms with Crippen molar-refractivity contribution in [2.75, 3.05) is 44.3 Å². The van der Waals surface area contributed by atoms with E-state index in [1.807, 2.05) is 12.1 Å². The highest BCUT2D eigenvalue weighted by molar-refractivity contribution is 6.33. The van der Waals surface area contributed by atoms with Gasteiger partial charge in [-0.25, -0.2) is 0 Å². The maximum absolute atomic E-state index is 13.7. The summed E-state index contributed by atoms with van der Waals surface area (Å²) in [5.74, 6) is 0.158. The third-order valence-electron chi connectivity index (χ3n) is 8.55. The minimum absolute atomic E-state index is 0. The number of ketones is 1. The van der Waals surface area contributed by atoms with Crippen molar-refractivity contribution in [3.05, 3.63) is 63.7 Å². The molecule has 2 aliphatic heterocycles. The van der Waals surface area contributed by atoms with Crippen LogP contribution in [0.4, 0.5) is 5.69 Å². The van der Waals surface area contributed by atoms with Crippen LogP contribution >= 0.6 is 0 Å². The lowest BCUT2D eigenvalue weighted by Gasteiger charge is -2.41. The molecule has 36 heavy (non-hydrogen) atoms. The van der Waals surface area contributed by atoms with E-state index < -0.39 is 0 Å². The minimum atomic E-state index is -0.348. The Kier molecular flexibility index (Phi) is 6.18. The highest BCUT2D eigenvalue weighted by Crippen LogP contribution is 2.51. The van der Waals surface area contributed by atoms with Crippen LogP contribution in [0.3, 0.4) is 0 Å². The number of carbonyl (C=O) groups excluding carboxylic acids is 1. The Balaban J connectivity index is 0.00000267. The first-order valence-corrected chi connectivity index (χ1v) is 12.6. The fraction of sp³-hybridized carbons (Fsp3) is 0.467. The molecule has 6 nitrogen and oxygen atoms in total. The first-order chi connectivity index (χ1) is 16.9. The number of allylic oxidation sites excluding steroid dienone is 2. The standard InChI is InChI=1S/C29H31N3O3.CH4/c1-29(2)23-16-25(32-7-5-20(6-8-32)31-9-11-35-12-10-31)26(33)15-22(23)28(34)27-21-4-3-18(17-30)13-19(21)14-24(27)29;/h3-4,13,15-16,20,33H,5-12,14H2,1-2H3;1H4. The summed E-state index contributed by atoms with van der Waals surface area (Å²) in [5.41, 5.74) is 6.51. The van der Waals surface area contributed by atoms with E-state index in [0.29, 0.717) is 23.6 Å². The number of nitriles is 1. The van der Waals surface area contributed by atoms with E-state index in [1.54, 1.807) is 12.1 Å². The summed E-state index contributed by atoms with van der Waals surface area (Å²) < 4.78 is 5.51. The predicted molar refractivity (Wildman–Crippen MR) is 142 cm³/mol. The molecule has 2 aromatic carbocycles. The molecule has 0 aromatic heterocycles. The summed E-state index contributed by atoms with van der Waals surface area (Å²) in [6.45, 7) is 9.76. The normalized spacial score (nSPS) is 21.4. The molecular formula is C30H35N3O3. The number of phenols is 1. The van der Waals surface area contributed by atoms with Crippen LogP contribution in [0.1, 0.15) is 66.7 Å². The van der Waals surface area contributed by atoms with Crippen LogP contribution in [0.15, 0.2) is 35.9 Å². The molecule has 0 amide bonds. The second-order valence-electron chi connectivity index (χ2n) is 10.7. The summed E-state index contributed by atoms with van der Waals surface area (Å²) in [4.78, 5) is 18.5. The molecule has 0 spiro atoms. The number of hydrogen-bond acceptors (Lipinski definition) is 6. The molecular weight excluding hydrogens is 450 g/mol. The van der Waals surface area contributed by atoms with Crippen LogP contribution in [0.2, 0.25) is 0 Å². The van der Waals surface area contributed by atoms with Crippen LogP contribution in [0.5, 0.6) is 5.75 Å². The number of fused-ring (bicyclic) bond motifs is 3. The summed E-state index contributed by atoms with van der Waals surface area (Å²) in [5, 5.41) is 20.4. The maximum Gasteiger partial charge on any atom is 0.194 e. The van der Waals surface area contributed by atoms with Crippen LogP contribution < -0.4 is 4.90 Å². The Morgan fingerprint density at radius 1 is 1.06 bits per heavy atom. The number of piperidine rings is 1. The molecule has 0 bridgehead atoms. The van der Waals surface area contributed by atoms with E-state index in [4.69, 9.17) is 4.74 Å². The van der Waals surface area contributed by atoms with Gasteiger partial charge in [-0.3, -0.25) is 9.69 Å². The van der Waals surface area contributed by atoms with E-state index in [0.717, 1.165) is 85.8 Å². The lowest BCUT2D eigenvalue weighted by atomic mass is 9.68. The van der Waals surface area contributed by atoms with Crippen LogP contribution in [-0.4, -0.2) is 61.2 Å². The number of carbonyl (C=O) groups is 1. The number of ether oxygens (including phenoxy) is 1. The van der Waals surface area contributed by atoms with Gasteiger partial charge in [0.05, 0.1) is 30.5 Å². The summed E-state index contributed by atoms with van der Waals surface area (Å²) in [6, 6.07) is 12.1. The molecule has 0 saturated carbocycles. The molecule has 2 aliphatic carbocycles. The topological polar surface area (TPSA) is 76.8 Å². The van der Waals surface area contributed by atoms with Gasteiger partial charge in [-0.15, -0.1) is 0 Å². The quantitative estimate of drug-likeness (QED) is 0.665. The third kappa shape index (κ3) is 3.73. The summed E-state index contributed by atoms with van der Waals surface area (Å²) >= 11 is 0. The second-order valence-corrected chi connectivity index (χ2v) is 10.7. The van der Waals surface area contributed by atoms with Crippen molar-refractivity contribution < 1.29 is 14.6 Å². The monoisotopic (exact) mass is 485 g/mol. The average Bonchev–Trinajstić information content (AvgIpc) is 3.28. The average molecular weight is 486 g/mol. The van der Waals surface area contributed by atoms with Gasteiger partial charge < -0.3 is 14.7 Å². The summed E-state index contributed by atoms with van der Waals surface area (Å²) in [7, 11) is 0. The molecule has 4 aliphatic rings. The fourth-order valence-electron chi connectivity index (χ4n) is 6.53. The summed E-state index contributed by atoms with van der Waals surface area (Å²) in [6.07, 6.45) is 2.80. The predicted octanol–water partition coefficient (Wildman–Crippen LogP) is 4.68. The SMILES string of the molecule is C.CC1(C)C2=C(C(=O)c3cc(O)c(N4CCC(N5CCOCC5)CC4)cc31)c1ccc(C#N)cc1C2. The number of nitrogens with zero attached hydrogens (tertiary/aromatic N) is 3. The van der Waals surface area contributed by atoms with E-state index in [-0.39, 0.29) is 24.4 Å². The number of hydrogen-bond donors (Lipinski definition) is 1. The molecule has 0 radical (unpaired) electrons. The maximum atomic E-state index is 13.7. The number of aromatic hydroxyl groups is 1. The fourth-order valence-corrected chi connectivity index (χ4v) is 6.53. The van der Waals surface area contributed by atoms with Gasteiger partial charge in [0, 0.05) is 48.8 Å². The number of anilines is 1. The van der Waals surface area contributed by atoms with E-state index >= 15 is 0 Å². The molecule has 0 unspecified atom stereocenters. The van der Waals surface area contributed by atoms with Gasteiger partial charge in [0.15, 0.2) is 5.78 Å². The zero-order valence-corrected chi connectivity index (χ0v) is 20.4. The highest BCUT2D eigenvalue weighted by atomic mass is 16.5. The molecule has 2 fully saturated rings. The van der Waals surface area contributed by atoms with E-state index in [2.05, 4.69) is 35.8 Å². The lowest BCUT2D eigenvalue weighted by Crippen LogP contribution is -2.49. The Morgan fingerprint density at radius 3 is 2.47 bits per heavy atom. The second kappa shape index (κ2) is 9.06. The Labute approximate surface area is 213 Å². The van der Waals surface area contributed by atoms with Gasteiger partial charge in [-0.2, -0.15) is 5.26 Å². The molecule has 2 aromatic rings. The minimum Gasteiger partial charge on any atom is -0.506 e. The number of Topliss-reactive ketones (excluding diaryl/α,β-unsaturated/α-hetero) is 1. The van der Waals surface area contributed by atoms with Gasteiger partial charge in [0.2, 0.25) is 0 Å². The van der Waals surface area contributed by atoms with Crippen molar-refractivity contribution in [3.63, 3.8) is 0 Å². The van der Waals surface area contributed by atoms with Crippen molar-refractivity contribution in [2.45, 2.75) is 52.0 Å². The zero-order valence-electron chi connectivity index (χ0n) is 20.4. The van der Waals surface area contributed by atoms with Crippen molar-refractivity contribution in [3.8, 4) is 11.8 Å². The molecule has 2 heterocycles. The first kappa shape index (κ1) is 24.5. The Bertz CT molecular complexity index is 1290. The molecule has 188 valence electrons. The number of morpholine rings is 1. The Hall–Kier alpha value is -3.14. The lowest BCUT2D eigenvalue weighted by molar-refractivity contribution is 0.0115. The number of benzene rings is 2. The van der Waals surface area contributed by atoms with Crippen molar-refractivity contribution >= 4 is 17.0 Å². The van der Waals surface area contributed by atoms with Gasteiger partial charge in [0.1, 0.15) is 5.75 Å². The van der Waals surface area contributed by atoms with Crippen LogP contribution in [0.25, 0.3) is 5.57 Å². The first-order valence-electron chi connectivity index (χ1n) is 12.6. The van der Waals surface area contributed by atoms with E-state index in [9.17, 15) is 15.2 Å². The van der Waals surface area contributed by atoms with Crippen molar-refractivity contribution in [1.29, 1.82) is 5.26 Å². The molecule has 6 heteroatoms. The van der Waals surface area contributed by atoms with E-state index in [1.165, 1.54) is 0 Å². The molecule has 0 atom stereocenters. The van der Waals surface area contributed by atoms with Gasteiger partial charge in [-0.05, 0) is 65.8 Å². The van der Waals surface area contributed by atoms with Crippen molar-refractivity contribution in [2.24, 2.45) is 0 Å². The van der Waals surface area contributed by atoms with Gasteiger partial charge >= 0.3 is 0 Å². The van der Waals surface area contributed by atoms with Crippen LogP contribution in [0, 0.1) is 11.3 Å². The molecule has 2 saturated heterocycles. The van der Waals surface area contributed by atoms with Crippen LogP contribution in [-0.2, 0) is 16.6 Å². The largest absolute Gasteiger partial charge is 0.506 e. The third-order valence-corrected chi connectivity index (χ3v) is 8.55. The number of rotatable bonds is 2. The van der Waals surface area contributed by atoms with Gasteiger partial charge in [0.25, 0.3) is 0 Å². The van der Waals surface area contributed by atoms with Crippen molar-refractivity contribution in [1.82, 2.24) is 4.90 Å². The number of phenolic OH excluding ortho intramolecular Hbond substituents is 1. The molecule has 6 rings (SSSR count).